The highest BCUT2D eigenvalue weighted by Gasteiger charge is 2.34. The summed E-state index contributed by atoms with van der Waals surface area (Å²) in [6.07, 6.45) is 8.23. The Morgan fingerprint density at radius 1 is 1.00 bits per heavy atom. The van der Waals surface area contributed by atoms with Crippen molar-refractivity contribution in [2.45, 2.75) is 43.9 Å². The first kappa shape index (κ1) is 18.7. The molecule has 7 nitrogen and oxygen atoms in total. The van der Waals surface area contributed by atoms with E-state index in [1.807, 2.05) is 24.3 Å². The molecule has 0 spiro atoms. The Hall–Kier alpha value is -2.64. The Bertz CT molecular complexity index is 920. The number of phenols is 1. The van der Waals surface area contributed by atoms with Crippen molar-refractivity contribution in [1.29, 1.82) is 0 Å². The van der Waals surface area contributed by atoms with Crippen molar-refractivity contribution in [1.82, 2.24) is 25.7 Å². The van der Waals surface area contributed by atoms with Crippen LogP contribution < -0.4 is 10.1 Å². The van der Waals surface area contributed by atoms with Crippen LogP contribution in [-0.2, 0) is 0 Å². The van der Waals surface area contributed by atoms with Gasteiger partial charge in [0.1, 0.15) is 11.9 Å². The van der Waals surface area contributed by atoms with Gasteiger partial charge in [0.15, 0.2) is 0 Å². The zero-order chi connectivity index (χ0) is 18.2. The standard InChI is InChI=1S/C20H21N5O2.ClH/c26-19-7-12(13-10-21-22-11-13)1-4-17(19)18-5-6-20(25-24-18)27-16-8-14-2-3-15(9-16)23-14;/h1,4-7,10-11,14-16,23,26H,2-3,8-9H2,(H,21,22);1H/t14-,15+,16?;. The second-order valence-electron chi connectivity index (χ2n) is 7.32. The van der Waals surface area contributed by atoms with E-state index in [0.717, 1.165) is 24.0 Å². The van der Waals surface area contributed by atoms with Gasteiger partial charge in [0.05, 0.1) is 11.9 Å². The quantitative estimate of drug-likeness (QED) is 0.622. The van der Waals surface area contributed by atoms with Gasteiger partial charge in [-0.15, -0.1) is 22.6 Å². The first-order valence-electron chi connectivity index (χ1n) is 9.33. The molecule has 2 bridgehead atoms. The molecule has 3 N–H and O–H groups in total. The Morgan fingerprint density at radius 3 is 2.46 bits per heavy atom. The van der Waals surface area contributed by atoms with Crippen LogP contribution in [0.4, 0.5) is 0 Å². The highest BCUT2D eigenvalue weighted by atomic mass is 35.5. The number of benzene rings is 1. The summed E-state index contributed by atoms with van der Waals surface area (Å²) in [5, 5.41) is 29.2. The van der Waals surface area contributed by atoms with Crippen LogP contribution >= 0.6 is 12.4 Å². The van der Waals surface area contributed by atoms with E-state index in [9.17, 15) is 5.11 Å². The summed E-state index contributed by atoms with van der Waals surface area (Å²) in [4.78, 5) is 0. The van der Waals surface area contributed by atoms with E-state index in [0.29, 0.717) is 29.2 Å². The minimum atomic E-state index is 0. The van der Waals surface area contributed by atoms with Crippen molar-refractivity contribution in [3.63, 3.8) is 0 Å². The number of halogens is 1. The van der Waals surface area contributed by atoms with E-state index in [1.165, 1.54) is 12.8 Å². The monoisotopic (exact) mass is 399 g/mol. The number of fused-ring (bicyclic) bond motifs is 2. The number of phenolic OH excluding ortho intramolecular Hbond substituents is 1. The Kier molecular flexibility index (Phi) is 5.19. The molecule has 4 heterocycles. The Morgan fingerprint density at radius 2 is 1.82 bits per heavy atom. The maximum atomic E-state index is 10.4. The fraction of sp³-hybridized carbons (Fsp3) is 0.350. The van der Waals surface area contributed by atoms with Crippen molar-refractivity contribution in [2.24, 2.45) is 0 Å². The SMILES string of the molecule is Cl.Oc1cc(-c2cn[nH]c2)ccc1-c1ccc(OC2C[C@H]3CC[C@@H](C2)N3)nn1. The van der Waals surface area contributed by atoms with Gasteiger partial charge in [0.2, 0.25) is 5.88 Å². The first-order valence-corrected chi connectivity index (χ1v) is 9.33. The molecule has 0 saturated carbocycles. The van der Waals surface area contributed by atoms with Gasteiger partial charge >= 0.3 is 0 Å². The molecular formula is C20H22ClN5O2. The number of nitrogens with zero attached hydrogens (tertiary/aromatic N) is 3. The molecule has 3 atom stereocenters. The van der Waals surface area contributed by atoms with E-state index >= 15 is 0 Å². The van der Waals surface area contributed by atoms with Crippen LogP contribution in [0.5, 0.6) is 11.6 Å². The molecule has 146 valence electrons. The van der Waals surface area contributed by atoms with Crippen molar-refractivity contribution in [3.8, 4) is 34.0 Å². The average molecular weight is 400 g/mol. The molecule has 0 aliphatic carbocycles. The third kappa shape index (κ3) is 3.68. The van der Waals surface area contributed by atoms with Crippen LogP contribution in [0.15, 0.2) is 42.7 Å². The Labute approximate surface area is 169 Å². The maximum Gasteiger partial charge on any atom is 0.233 e. The number of piperidine rings is 1. The lowest BCUT2D eigenvalue weighted by atomic mass is 10.0. The highest BCUT2D eigenvalue weighted by Crippen LogP contribution is 2.33. The predicted octanol–water partition coefficient (Wildman–Crippen LogP) is 3.32. The highest BCUT2D eigenvalue weighted by molar-refractivity contribution is 5.85. The van der Waals surface area contributed by atoms with E-state index in [2.05, 4.69) is 25.7 Å². The molecule has 2 saturated heterocycles. The lowest BCUT2D eigenvalue weighted by molar-refractivity contribution is 0.130. The number of aromatic amines is 1. The number of aromatic hydroxyl groups is 1. The van der Waals surface area contributed by atoms with Gasteiger partial charge in [0.25, 0.3) is 0 Å². The normalized spacial score (nSPS) is 23.2. The summed E-state index contributed by atoms with van der Waals surface area (Å²) in [6, 6.07) is 10.3. The molecule has 1 unspecified atom stereocenters. The second kappa shape index (κ2) is 7.77. The van der Waals surface area contributed by atoms with Crippen LogP contribution in [0.3, 0.4) is 0 Å². The largest absolute Gasteiger partial charge is 0.507 e. The number of aromatic nitrogens is 4. The molecule has 5 rings (SSSR count). The second-order valence-corrected chi connectivity index (χ2v) is 7.32. The summed E-state index contributed by atoms with van der Waals surface area (Å²) in [6.45, 7) is 0. The Balaban J connectivity index is 0.00000192. The minimum absolute atomic E-state index is 0. The molecule has 8 heteroatoms. The minimum Gasteiger partial charge on any atom is -0.507 e. The van der Waals surface area contributed by atoms with E-state index in [-0.39, 0.29) is 24.3 Å². The van der Waals surface area contributed by atoms with Crippen molar-refractivity contribution < 1.29 is 9.84 Å². The maximum absolute atomic E-state index is 10.4. The predicted molar refractivity (Wildman–Crippen MR) is 108 cm³/mol. The van der Waals surface area contributed by atoms with E-state index in [1.54, 1.807) is 18.5 Å². The van der Waals surface area contributed by atoms with E-state index < -0.39 is 0 Å². The molecular weight excluding hydrogens is 378 g/mol. The van der Waals surface area contributed by atoms with Crippen molar-refractivity contribution in [3.05, 3.63) is 42.7 Å². The fourth-order valence-electron chi connectivity index (χ4n) is 4.14. The van der Waals surface area contributed by atoms with Crippen molar-refractivity contribution >= 4 is 12.4 Å². The molecule has 2 aromatic heterocycles. The molecule has 0 amide bonds. The number of hydrogen-bond acceptors (Lipinski definition) is 6. The number of hydrogen-bond donors (Lipinski definition) is 3. The first-order chi connectivity index (χ1) is 13.2. The summed E-state index contributed by atoms with van der Waals surface area (Å²) >= 11 is 0. The lowest BCUT2D eigenvalue weighted by Crippen LogP contribution is -2.42. The van der Waals surface area contributed by atoms with Crippen LogP contribution in [0, 0.1) is 0 Å². The molecule has 2 fully saturated rings. The lowest BCUT2D eigenvalue weighted by Gasteiger charge is -2.28. The molecule has 0 radical (unpaired) electrons. The third-order valence-corrected chi connectivity index (χ3v) is 5.46. The molecule has 3 aromatic rings. The molecule has 28 heavy (non-hydrogen) atoms. The number of nitrogens with one attached hydrogen (secondary N) is 2. The van der Waals surface area contributed by atoms with Gasteiger partial charge < -0.3 is 15.2 Å². The topological polar surface area (TPSA) is 96.0 Å². The average Bonchev–Trinajstić information content (AvgIpc) is 3.32. The van der Waals surface area contributed by atoms with Crippen molar-refractivity contribution in [2.75, 3.05) is 0 Å². The smallest absolute Gasteiger partial charge is 0.233 e. The third-order valence-electron chi connectivity index (χ3n) is 5.46. The van der Waals surface area contributed by atoms with Gasteiger partial charge in [-0.1, -0.05) is 6.07 Å². The van der Waals surface area contributed by atoms with Crippen LogP contribution in [-0.4, -0.2) is 43.7 Å². The zero-order valence-electron chi connectivity index (χ0n) is 15.2. The van der Waals surface area contributed by atoms with Crippen LogP contribution in [0.2, 0.25) is 0 Å². The van der Waals surface area contributed by atoms with Crippen LogP contribution in [0.25, 0.3) is 22.4 Å². The van der Waals surface area contributed by atoms with Gasteiger partial charge in [-0.3, -0.25) is 5.10 Å². The summed E-state index contributed by atoms with van der Waals surface area (Å²) < 4.78 is 6.04. The summed E-state index contributed by atoms with van der Waals surface area (Å²) in [7, 11) is 0. The summed E-state index contributed by atoms with van der Waals surface area (Å²) in [5.74, 6) is 0.700. The van der Waals surface area contributed by atoms with Gasteiger partial charge in [-0.2, -0.15) is 5.10 Å². The number of rotatable bonds is 4. The number of ether oxygens (including phenoxy) is 1. The molecule has 1 aromatic carbocycles. The summed E-state index contributed by atoms with van der Waals surface area (Å²) in [5.41, 5.74) is 3.06. The van der Waals surface area contributed by atoms with Gasteiger partial charge in [-0.25, -0.2) is 0 Å². The fourth-order valence-corrected chi connectivity index (χ4v) is 4.14. The zero-order valence-corrected chi connectivity index (χ0v) is 16.0. The molecule has 2 aliphatic heterocycles. The van der Waals surface area contributed by atoms with E-state index in [4.69, 9.17) is 4.74 Å². The van der Waals surface area contributed by atoms with Gasteiger partial charge in [0, 0.05) is 35.5 Å². The molecule has 2 aliphatic rings. The van der Waals surface area contributed by atoms with Gasteiger partial charge in [-0.05, 0) is 49.4 Å². The number of H-pyrrole nitrogens is 1. The van der Waals surface area contributed by atoms with Crippen LogP contribution in [0.1, 0.15) is 25.7 Å².